The Morgan fingerprint density at radius 1 is 0.533 bits per heavy atom. The van der Waals surface area contributed by atoms with Crippen molar-refractivity contribution in [1.82, 2.24) is 0 Å². The van der Waals surface area contributed by atoms with Crippen LogP contribution in [-0.2, 0) is 12.8 Å². The molecule has 0 saturated heterocycles. The van der Waals surface area contributed by atoms with Gasteiger partial charge in [-0.1, -0.05) is 157 Å². The first-order chi connectivity index (χ1) is 22.3. The second-order valence-electron chi connectivity index (χ2n) is 12.4. The molecule has 7 aromatic carbocycles. The van der Waals surface area contributed by atoms with Crippen molar-refractivity contribution in [2.75, 3.05) is 0 Å². The summed E-state index contributed by atoms with van der Waals surface area (Å²) in [6.45, 7) is 0. The van der Waals surface area contributed by atoms with Crippen LogP contribution in [0.4, 0.5) is 0 Å². The molecule has 7 aromatic rings. The number of rotatable bonds is 5. The fourth-order valence-corrected chi connectivity index (χ4v) is 7.81. The predicted molar refractivity (Wildman–Crippen MR) is 191 cm³/mol. The molecule has 0 heterocycles. The molecule has 0 fully saturated rings. The van der Waals surface area contributed by atoms with E-state index in [1.54, 1.807) is 0 Å². The molecule has 0 aromatic heterocycles. The summed E-state index contributed by atoms with van der Waals surface area (Å²) in [7, 11) is 0. The lowest BCUT2D eigenvalue weighted by Crippen LogP contribution is -2.20. The molecule has 0 atom stereocenters. The molecule has 0 heteroatoms. The van der Waals surface area contributed by atoms with Crippen molar-refractivity contribution in [3.63, 3.8) is 0 Å². The van der Waals surface area contributed by atoms with Gasteiger partial charge in [0.1, 0.15) is 0 Å². The molecule has 0 radical (unpaired) electrons. The Kier molecular flexibility index (Phi) is 6.13. The zero-order chi connectivity index (χ0) is 29.7. The van der Waals surface area contributed by atoms with Crippen LogP contribution < -0.4 is 10.4 Å². The van der Waals surface area contributed by atoms with Gasteiger partial charge in [-0.3, -0.25) is 0 Å². The summed E-state index contributed by atoms with van der Waals surface area (Å²) in [4.78, 5) is 0. The van der Waals surface area contributed by atoms with Crippen molar-refractivity contribution < 1.29 is 0 Å². The summed E-state index contributed by atoms with van der Waals surface area (Å²) < 4.78 is 0. The van der Waals surface area contributed by atoms with Crippen LogP contribution in [0.2, 0.25) is 0 Å². The first kappa shape index (κ1) is 26.0. The summed E-state index contributed by atoms with van der Waals surface area (Å²) in [6, 6.07) is 49.4. The predicted octanol–water partition coefficient (Wildman–Crippen LogP) is 9.55. The molecule has 0 aliphatic heterocycles. The third-order valence-electron chi connectivity index (χ3n) is 9.80. The lowest BCUT2D eigenvalue weighted by atomic mass is 9.85. The normalized spacial score (nSPS) is 13.2. The summed E-state index contributed by atoms with van der Waals surface area (Å²) >= 11 is 0. The number of hydrogen-bond acceptors (Lipinski definition) is 0. The zero-order valence-corrected chi connectivity index (χ0v) is 25.1. The fourth-order valence-electron chi connectivity index (χ4n) is 7.81. The first-order valence-electron chi connectivity index (χ1n) is 16.0. The summed E-state index contributed by atoms with van der Waals surface area (Å²) in [6.07, 6.45) is 12.0. The Morgan fingerprint density at radius 2 is 1.11 bits per heavy atom. The average Bonchev–Trinajstić information content (AvgIpc) is 3.77. The van der Waals surface area contributed by atoms with E-state index in [1.165, 1.54) is 86.6 Å². The molecule has 0 saturated carbocycles. The Hall–Kier alpha value is -5.46. The molecule has 0 unspecified atom stereocenters. The van der Waals surface area contributed by atoms with Gasteiger partial charge in [0, 0.05) is 0 Å². The van der Waals surface area contributed by atoms with E-state index in [0.29, 0.717) is 0 Å². The molecule has 2 aliphatic rings. The second kappa shape index (κ2) is 10.6. The fraction of sp³-hybridized carbons (Fsp3) is 0.0667. The highest BCUT2D eigenvalue weighted by Gasteiger charge is 2.20. The Labute approximate surface area is 262 Å². The summed E-state index contributed by atoms with van der Waals surface area (Å²) in [5.41, 5.74) is 8.38. The standard InChI is InChI=1S/C45H32/c1-2-16-32(15-1)43-41-26-10-9-25-40(41)42-29-35-17-5-8-24-39(35)45(42)44(43)36(27-33-20-11-18-30-13-3-6-22-37(30)33)28-34-21-12-19-31-14-4-7-23-38(31)34/h1-15,17-26,29H,16,27-28H2. The third kappa shape index (κ3) is 4.29. The van der Waals surface area contributed by atoms with E-state index in [1.807, 2.05) is 0 Å². The van der Waals surface area contributed by atoms with E-state index in [0.717, 1.165) is 19.3 Å². The molecule has 0 nitrogen and oxygen atoms in total. The molecule has 0 amide bonds. The minimum Gasteiger partial charge on any atom is -0.0801 e. The monoisotopic (exact) mass is 572 g/mol. The second-order valence-corrected chi connectivity index (χ2v) is 12.4. The van der Waals surface area contributed by atoms with Gasteiger partial charge in [-0.15, -0.1) is 0 Å². The van der Waals surface area contributed by atoms with Crippen molar-refractivity contribution in [2.24, 2.45) is 0 Å². The third-order valence-corrected chi connectivity index (χ3v) is 9.80. The van der Waals surface area contributed by atoms with Crippen LogP contribution in [-0.4, -0.2) is 0 Å². The van der Waals surface area contributed by atoms with Crippen LogP contribution in [0.15, 0.2) is 152 Å². The van der Waals surface area contributed by atoms with E-state index in [9.17, 15) is 0 Å². The molecule has 0 N–H and O–H groups in total. The quantitative estimate of drug-likeness (QED) is 0.193. The number of benzene rings is 7. The van der Waals surface area contributed by atoms with Gasteiger partial charge in [0.15, 0.2) is 0 Å². The number of hydrogen-bond donors (Lipinski definition) is 0. The van der Waals surface area contributed by atoms with Crippen LogP contribution in [0.3, 0.4) is 0 Å². The Morgan fingerprint density at radius 3 is 1.78 bits per heavy atom. The lowest BCUT2D eigenvalue weighted by Gasteiger charge is -2.19. The highest BCUT2D eigenvalue weighted by molar-refractivity contribution is 6.01. The summed E-state index contributed by atoms with van der Waals surface area (Å²) in [5.74, 6) is 0. The minimum atomic E-state index is 0.880. The molecular weight excluding hydrogens is 540 g/mol. The van der Waals surface area contributed by atoms with Gasteiger partial charge < -0.3 is 0 Å². The largest absolute Gasteiger partial charge is 0.0801 e. The van der Waals surface area contributed by atoms with Crippen LogP contribution in [0.1, 0.15) is 28.7 Å². The van der Waals surface area contributed by atoms with Gasteiger partial charge in [0.25, 0.3) is 0 Å². The molecule has 0 bridgehead atoms. The van der Waals surface area contributed by atoms with E-state index in [-0.39, 0.29) is 0 Å². The van der Waals surface area contributed by atoms with Crippen molar-refractivity contribution in [3.05, 3.63) is 195 Å². The van der Waals surface area contributed by atoms with E-state index in [2.05, 4.69) is 158 Å². The molecule has 9 rings (SSSR count). The molecule has 2 aliphatic carbocycles. The Balaban J connectivity index is 1.49. The first-order valence-corrected chi connectivity index (χ1v) is 16.0. The Bertz CT molecular complexity index is 2520. The molecule has 212 valence electrons. The van der Waals surface area contributed by atoms with Gasteiger partial charge in [0.2, 0.25) is 0 Å². The van der Waals surface area contributed by atoms with Crippen molar-refractivity contribution in [2.45, 2.75) is 19.3 Å². The van der Waals surface area contributed by atoms with Crippen molar-refractivity contribution in [1.29, 1.82) is 0 Å². The van der Waals surface area contributed by atoms with Crippen LogP contribution >= 0.6 is 0 Å². The maximum atomic E-state index is 2.43. The highest BCUT2D eigenvalue weighted by Crippen LogP contribution is 2.33. The topological polar surface area (TPSA) is 0 Å². The minimum absolute atomic E-state index is 0.880. The average molecular weight is 573 g/mol. The van der Waals surface area contributed by atoms with Gasteiger partial charge in [0.05, 0.1) is 0 Å². The molecular formula is C45H32. The van der Waals surface area contributed by atoms with Gasteiger partial charge in [-0.2, -0.15) is 0 Å². The number of allylic oxidation sites excluding steroid dienone is 4. The van der Waals surface area contributed by atoms with Crippen molar-refractivity contribution >= 4 is 49.5 Å². The van der Waals surface area contributed by atoms with Gasteiger partial charge in [-0.25, -0.2) is 0 Å². The van der Waals surface area contributed by atoms with Gasteiger partial charge >= 0.3 is 0 Å². The zero-order valence-electron chi connectivity index (χ0n) is 25.1. The van der Waals surface area contributed by atoms with Crippen molar-refractivity contribution in [3.8, 4) is 0 Å². The van der Waals surface area contributed by atoms with Crippen LogP contribution in [0.25, 0.3) is 49.5 Å². The lowest BCUT2D eigenvalue weighted by molar-refractivity contribution is 1.16. The molecule has 45 heavy (non-hydrogen) atoms. The summed E-state index contributed by atoms with van der Waals surface area (Å²) in [5, 5.41) is 13.4. The van der Waals surface area contributed by atoms with E-state index in [4.69, 9.17) is 0 Å². The van der Waals surface area contributed by atoms with Crippen LogP contribution in [0, 0.1) is 10.4 Å². The maximum Gasteiger partial charge on any atom is -0.00203 e. The highest BCUT2D eigenvalue weighted by atomic mass is 14.2. The van der Waals surface area contributed by atoms with E-state index < -0.39 is 0 Å². The maximum absolute atomic E-state index is 2.43. The number of fused-ring (bicyclic) bond motifs is 6. The van der Waals surface area contributed by atoms with Gasteiger partial charge in [-0.05, 0) is 106 Å². The van der Waals surface area contributed by atoms with E-state index >= 15 is 0 Å². The van der Waals surface area contributed by atoms with Crippen LogP contribution in [0.5, 0.6) is 0 Å². The smallest absolute Gasteiger partial charge is 0.00203 e. The SMILES string of the molecule is C1=CCC(c2c(=C(Cc3cccc4ccccc34)Cc3cccc4ccccc34)c3c(c4ccccc24)C=c2ccccc2=3)=C1. The molecule has 0 spiro atoms.